The summed E-state index contributed by atoms with van der Waals surface area (Å²) in [4.78, 5) is 0. The van der Waals surface area contributed by atoms with Crippen LogP contribution in [0.15, 0.2) is 36.4 Å². The average molecular weight is 328 g/mol. The SMILES string of the molecule is Cc1ccc(CNC[C@H](O)CO[C@@H]2CCCc3ccccc32)n1C. The standard InChI is InChI=1S/C20H28N2O2/c1-15-10-11-17(22(15)2)12-21-13-18(23)14-24-20-9-5-7-16-6-3-4-8-19(16)20/h3-4,6,8,10-11,18,20-21,23H,5,7,9,12-14H2,1-2H3/t18-,20+/m0/s1. The number of benzene rings is 1. The van der Waals surface area contributed by atoms with E-state index in [-0.39, 0.29) is 6.10 Å². The van der Waals surface area contributed by atoms with Crippen LogP contribution in [-0.4, -0.2) is 28.9 Å². The van der Waals surface area contributed by atoms with Crippen molar-refractivity contribution in [3.63, 3.8) is 0 Å². The summed E-state index contributed by atoms with van der Waals surface area (Å²) in [5.41, 5.74) is 5.15. The van der Waals surface area contributed by atoms with Gasteiger partial charge in [0.1, 0.15) is 0 Å². The molecule has 0 unspecified atom stereocenters. The van der Waals surface area contributed by atoms with Crippen LogP contribution < -0.4 is 5.32 Å². The van der Waals surface area contributed by atoms with E-state index in [0.29, 0.717) is 13.2 Å². The second-order valence-electron chi connectivity index (χ2n) is 6.72. The maximum Gasteiger partial charge on any atom is 0.0898 e. The first-order chi connectivity index (χ1) is 11.6. The number of hydrogen-bond acceptors (Lipinski definition) is 3. The molecule has 130 valence electrons. The Morgan fingerprint density at radius 2 is 2.12 bits per heavy atom. The van der Waals surface area contributed by atoms with Gasteiger partial charge in [0.15, 0.2) is 0 Å². The molecule has 0 radical (unpaired) electrons. The van der Waals surface area contributed by atoms with Gasteiger partial charge in [0.05, 0.1) is 18.8 Å². The largest absolute Gasteiger partial charge is 0.389 e. The summed E-state index contributed by atoms with van der Waals surface area (Å²) in [6, 6.07) is 12.7. The number of aliphatic hydroxyl groups is 1. The van der Waals surface area contributed by atoms with Crippen molar-refractivity contribution in [2.24, 2.45) is 7.05 Å². The minimum atomic E-state index is -0.486. The molecular formula is C20H28N2O2. The van der Waals surface area contributed by atoms with Crippen molar-refractivity contribution >= 4 is 0 Å². The van der Waals surface area contributed by atoms with Crippen molar-refractivity contribution in [2.45, 2.75) is 44.9 Å². The molecule has 1 heterocycles. The van der Waals surface area contributed by atoms with Gasteiger partial charge in [-0.1, -0.05) is 24.3 Å². The maximum absolute atomic E-state index is 10.2. The van der Waals surface area contributed by atoms with E-state index in [2.05, 4.69) is 60.3 Å². The summed E-state index contributed by atoms with van der Waals surface area (Å²) in [6.45, 7) is 3.76. The molecule has 2 N–H and O–H groups in total. The molecule has 0 amide bonds. The molecular weight excluding hydrogens is 300 g/mol. The highest BCUT2D eigenvalue weighted by Gasteiger charge is 2.21. The number of fused-ring (bicyclic) bond motifs is 1. The zero-order valence-corrected chi connectivity index (χ0v) is 14.7. The summed E-state index contributed by atoms with van der Waals surface area (Å²) in [5, 5.41) is 13.5. The van der Waals surface area contributed by atoms with E-state index in [0.717, 1.165) is 25.8 Å². The molecule has 24 heavy (non-hydrogen) atoms. The van der Waals surface area contributed by atoms with Gasteiger partial charge < -0.3 is 19.7 Å². The van der Waals surface area contributed by atoms with E-state index in [1.54, 1.807) is 0 Å². The Bertz CT molecular complexity index is 665. The topological polar surface area (TPSA) is 46.4 Å². The molecule has 4 nitrogen and oxygen atoms in total. The molecule has 0 saturated carbocycles. The lowest BCUT2D eigenvalue weighted by Gasteiger charge is -2.26. The molecule has 1 aromatic carbocycles. The Morgan fingerprint density at radius 3 is 2.92 bits per heavy atom. The molecule has 3 rings (SSSR count). The summed E-state index contributed by atoms with van der Waals surface area (Å²) >= 11 is 0. The summed E-state index contributed by atoms with van der Waals surface area (Å²) in [7, 11) is 2.06. The first kappa shape index (κ1) is 17.2. The molecule has 4 heteroatoms. The van der Waals surface area contributed by atoms with E-state index in [4.69, 9.17) is 4.74 Å². The number of nitrogens with one attached hydrogen (secondary N) is 1. The Kier molecular flexibility index (Phi) is 5.72. The van der Waals surface area contributed by atoms with Gasteiger partial charge in [-0.25, -0.2) is 0 Å². The lowest BCUT2D eigenvalue weighted by Crippen LogP contribution is -2.31. The van der Waals surface area contributed by atoms with Crippen LogP contribution in [0.2, 0.25) is 0 Å². The van der Waals surface area contributed by atoms with Crippen molar-refractivity contribution < 1.29 is 9.84 Å². The van der Waals surface area contributed by atoms with Gasteiger partial charge in [-0.05, 0) is 49.4 Å². The maximum atomic E-state index is 10.2. The van der Waals surface area contributed by atoms with E-state index < -0.39 is 6.10 Å². The van der Waals surface area contributed by atoms with Crippen molar-refractivity contribution in [1.82, 2.24) is 9.88 Å². The zero-order valence-electron chi connectivity index (χ0n) is 14.7. The number of aliphatic hydroxyl groups excluding tert-OH is 1. The first-order valence-electron chi connectivity index (χ1n) is 8.84. The summed E-state index contributed by atoms with van der Waals surface area (Å²) < 4.78 is 8.17. The van der Waals surface area contributed by atoms with Gasteiger partial charge in [-0.3, -0.25) is 0 Å². The van der Waals surface area contributed by atoms with Gasteiger partial charge in [-0.15, -0.1) is 0 Å². The van der Waals surface area contributed by atoms with Gasteiger partial charge in [0, 0.05) is 31.5 Å². The van der Waals surface area contributed by atoms with E-state index in [1.807, 2.05) is 0 Å². The van der Waals surface area contributed by atoms with E-state index >= 15 is 0 Å². The number of aromatic nitrogens is 1. The Hall–Kier alpha value is -1.62. The van der Waals surface area contributed by atoms with Crippen molar-refractivity contribution in [2.75, 3.05) is 13.2 Å². The number of aryl methyl sites for hydroxylation is 2. The number of rotatable bonds is 7. The fourth-order valence-corrected chi connectivity index (χ4v) is 3.38. The van der Waals surface area contributed by atoms with Crippen LogP contribution in [-0.2, 0) is 24.8 Å². The lowest BCUT2D eigenvalue weighted by molar-refractivity contribution is -0.0168. The number of hydrogen-bond donors (Lipinski definition) is 2. The predicted octanol–water partition coefficient (Wildman–Crippen LogP) is 2.88. The monoisotopic (exact) mass is 328 g/mol. The van der Waals surface area contributed by atoms with Crippen LogP contribution in [0.5, 0.6) is 0 Å². The molecule has 1 aliphatic carbocycles. The van der Waals surface area contributed by atoms with Crippen LogP contribution in [0, 0.1) is 6.92 Å². The Morgan fingerprint density at radius 1 is 1.29 bits per heavy atom. The van der Waals surface area contributed by atoms with Gasteiger partial charge >= 0.3 is 0 Å². The van der Waals surface area contributed by atoms with Gasteiger partial charge in [-0.2, -0.15) is 0 Å². The summed E-state index contributed by atoms with van der Waals surface area (Å²) in [5.74, 6) is 0. The quantitative estimate of drug-likeness (QED) is 0.821. The third-order valence-electron chi connectivity index (χ3n) is 4.97. The van der Waals surface area contributed by atoms with Crippen molar-refractivity contribution in [3.8, 4) is 0 Å². The molecule has 2 aromatic rings. The van der Waals surface area contributed by atoms with Crippen LogP contribution >= 0.6 is 0 Å². The normalized spacial score (nSPS) is 18.4. The third-order valence-corrected chi connectivity index (χ3v) is 4.97. The van der Waals surface area contributed by atoms with Gasteiger partial charge in [0.2, 0.25) is 0 Å². The Balaban J connectivity index is 1.43. The molecule has 0 spiro atoms. The minimum absolute atomic E-state index is 0.125. The van der Waals surface area contributed by atoms with Crippen LogP contribution in [0.25, 0.3) is 0 Å². The van der Waals surface area contributed by atoms with Crippen LogP contribution in [0.4, 0.5) is 0 Å². The first-order valence-corrected chi connectivity index (χ1v) is 8.84. The van der Waals surface area contributed by atoms with Gasteiger partial charge in [0.25, 0.3) is 0 Å². The fourth-order valence-electron chi connectivity index (χ4n) is 3.38. The third kappa shape index (κ3) is 4.07. The zero-order chi connectivity index (χ0) is 16.9. The highest BCUT2D eigenvalue weighted by Crippen LogP contribution is 2.32. The summed E-state index contributed by atoms with van der Waals surface area (Å²) in [6.07, 6.45) is 2.97. The predicted molar refractivity (Wildman–Crippen MR) is 95.9 cm³/mol. The average Bonchev–Trinajstić information content (AvgIpc) is 2.92. The second-order valence-corrected chi connectivity index (χ2v) is 6.72. The lowest BCUT2D eigenvalue weighted by atomic mass is 9.89. The molecule has 0 aliphatic heterocycles. The molecule has 1 aliphatic rings. The fraction of sp³-hybridized carbons (Fsp3) is 0.500. The van der Waals surface area contributed by atoms with Crippen molar-refractivity contribution in [3.05, 3.63) is 58.9 Å². The highest BCUT2D eigenvalue weighted by atomic mass is 16.5. The molecule has 0 saturated heterocycles. The molecule has 2 atom stereocenters. The minimum Gasteiger partial charge on any atom is -0.389 e. The number of ether oxygens (including phenoxy) is 1. The van der Waals surface area contributed by atoms with E-state index in [9.17, 15) is 5.11 Å². The highest BCUT2D eigenvalue weighted by molar-refractivity contribution is 5.31. The van der Waals surface area contributed by atoms with E-state index in [1.165, 1.54) is 22.5 Å². The van der Waals surface area contributed by atoms with Crippen LogP contribution in [0.1, 0.15) is 41.5 Å². The second kappa shape index (κ2) is 7.97. The van der Waals surface area contributed by atoms with Crippen LogP contribution in [0.3, 0.4) is 0 Å². The molecule has 0 bridgehead atoms. The van der Waals surface area contributed by atoms with Crippen molar-refractivity contribution in [1.29, 1.82) is 0 Å². The molecule has 0 fully saturated rings. The smallest absolute Gasteiger partial charge is 0.0898 e. The molecule has 1 aromatic heterocycles. The Labute approximate surface area is 144 Å². The number of nitrogens with zero attached hydrogens (tertiary/aromatic N) is 1.